The molecule has 0 aromatic carbocycles. The molecule has 0 spiro atoms. The molecule has 3 fully saturated rings. The molecule has 1 aliphatic carbocycles. The number of hydrogen-bond donors (Lipinski definition) is 1. The van der Waals surface area contributed by atoms with Crippen LogP contribution in [0, 0.1) is 11.8 Å². The zero-order valence-corrected chi connectivity index (χ0v) is 9.82. The second-order valence-corrected chi connectivity index (χ2v) is 5.55. The summed E-state index contributed by atoms with van der Waals surface area (Å²) in [6, 6.07) is 0. The van der Waals surface area contributed by atoms with Crippen molar-refractivity contribution in [1.82, 2.24) is 10.2 Å². The third-order valence-corrected chi connectivity index (χ3v) is 3.94. The van der Waals surface area contributed by atoms with E-state index in [0.717, 1.165) is 32.0 Å². The molecule has 3 rings (SSSR count). The molecule has 0 aromatic rings. The summed E-state index contributed by atoms with van der Waals surface area (Å²) in [6.45, 7) is 2.75. The van der Waals surface area contributed by atoms with Crippen LogP contribution >= 0.6 is 0 Å². The average molecular weight is 224 g/mol. The highest BCUT2D eigenvalue weighted by Crippen LogP contribution is 2.32. The van der Waals surface area contributed by atoms with E-state index in [4.69, 9.17) is 4.74 Å². The number of rotatable bonds is 3. The molecule has 2 saturated heterocycles. The van der Waals surface area contributed by atoms with E-state index < -0.39 is 0 Å². The second-order valence-electron chi connectivity index (χ2n) is 5.55. The Hall–Kier alpha value is -0.610. The average Bonchev–Trinajstić information content (AvgIpc) is 3.01. The van der Waals surface area contributed by atoms with Crippen molar-refractivity contribution in [2.24, 2.45) is 11.8 Å². The predicted molar refractivity (Wildman–Crippen MR) is 60.0 cm³/mol. The third kappa shape index (κ3) is 2.09. The lowest BCUT2D eigenvalue weighted by molar-refractivity contribution is -0.127. The summed E-state index contributed by atoms with van der Waals surface area (Å²) in [6.07, 6.45) is 3.89. The zero-order valence-electron chi connectivity index (χ0n) is 9.82. The van der Waals surface area contributed by atoms with Gasteiger partial charge in [0.15, 0.2) is 0 Å². The van der Waals surface area contributed by atoms with Crippen LogP contribution in [-0.4, -0.2) is 49.7 Å². The van der Waals surface area contributed by atoms with Gasteiger partial charge in [-0.3, -0.25) is 4.79 Å². The van der Waals surface area contributed by atoms with Gasteiger partial charge in [-0.1, -0.05) is 0 Å². The number of likely N-dealkylation sites (tertiary alicyclic amines) is 1. The maximum absolute atomic E-state index is 12.0. The summed E-state index contributed by atoms with van der Waals surface area (Å²) in [5.41, 5.74) is 0. The number of amides is 1. The number of nitrogens with zero attached hydrogens (tertiary/aromatic N) is 1. The van der Waals surface area contributed by atoms with E-state index in [1.54, 1.807) is 0 Å². The molecule has 2 heterocycles. The minimum Gasteiger partial charge on any atom is -0.371 e. The molecular weight excluding hydrogens is 204 g/mol. The quantitative estimate of drug-likeness (QED) is 0.746. The maximum atomic E-state index is 12.0. The minimum atomic E-state index is 0.0914. The number of carbonyl (C=O) groups excluding carboxylic acids is 1. The molecule has 90 valence electrons. The molecule has 3 atom stereocenters. The van der Waals surface area contributed by atoms with Crippen LogP contribution in [0.2, 0.25) is 0 Å². The van der Waals surface area contributed by atoms with Crippen molar-refractivity contribution in [1.29, 1.82) is 0 Å². The lowest BCUT2D eigenvalue weighted by Gasteiger charge is -2.29. The highest BCUT2D eigenvalue weighted by atomic mass is 16.5. The molecule has 0 radical (unpaired) electrons. The fourth-order valence-electron chi connectivity index (χ4n) is 2.82. The van der Waals surface area contributed by atoms with Gasteiger partial charge in [-0.05, 0) is 32.2 Å². The van der Waals surface area contributed by atoms with Crippen molar-refractivity contribution >= 4 is 5.91 Å². The Morgan fingerprint density at radius 3 is 3.00 bits per heavy atom. The molecule has 1 saturated carbocycles. The molecule has 0 aromatic heterocycles. The summed E-state index contributed by atoms with van der Waals surface area (Å²) < 4.78 is 5.82. The normalized spacial score (nSPS) is 38.7. The summed E-state index contributed by atoms with van der Waals surface area (Å²) in [5, 5.41) is 3.08. The maximum Gasteiger partial charge on any atom is 0.225 e. The Balaban J connectivity index is 1.55. The highest BCUT2D eigenvalue weighted by molar-refractivity contribution is 5.79. The van der Waals surface area contributed by atoms with E-state index in [2.05, 4.69) is 17.3 Å². The molecule has 4 heteroatoms. The standard InChI is InChI=1S/C12H20N2O2/c1-14-6-9-4-10(11(7-14)16-9)12(15)13-5-8-2-3-8/h8-11H,2-7H2,1H3,(H,13,15)/t9-,10+,11-/m1/s1. The predicted octanol–water partition coefficient (Wildman–Crippen LogP) is 0.232. The SMILES string of the molecule is CN1C[C@H]2C[C@H](C(=O)NCC3CC3)[C@@H](C1)O2. The Morgan fingerprint density at radius 2 is 2.25 bits per heavy atom. The van der Waals surface area contributed by atoms with E-state index >= 15 is 0 Å². The Kier molecular flexibility index (Phi) is 2.64. The number of ether oxygens (including phenoxy) is 1. The molecular formula is C12H20N2O2. The number of hydrogen-bond acceptors (Lipinski definition) is 3. The lowest BCUT2D eigenvalue weighted by atomic mass is 9.99. The first-order valence-corrected chi connectivity index (χ1v) is 6.34. The van der Waals surface area contributed by atoms with Gasteiger partial charge in [0.05, 0.1) is 18.1 Å². The van der Waals surface area contributed by atoms with Gasteiger partial charge < -0.3 is 15.0 Å². The van der Waals surface area contributed by atoms with Gasteiger partial charge in [-0.25, -0.2) is 0 Å². The zero-order chi connectivity index (χ0) is 11.1. The number of fused-ring (bicyclic) bond motifs is 2. The van der Waals surface area contributed by atoms with Crippen molar-refractivity contribution in [2.75, 3.05) is 26.7 Å². The Morgan fingerprint density at radius 1 is 1.44 bits per heavy atom. The van der Waals surface area contributed by atoms with Crippen LogP contribution in [-0.2, 0) is 9.53 Å². The van der Waals surface area contributed by atoms with Crippen LogP contribution in [0.5, 0.6) is 0 Å². The first kappa shape index (κ1) is 10.5. The number of carbonyl (C=O) groups is 1. The number of nitrogens with one attached hydrogen (secondary N) is 1. The summed E-state index contributed by atoms with van der Waals surface area (Å²) >= 11 is 0. The second kappa shape index (κ2) is 4.00. The first-order chi connectivity index (χ1) is 7.72. The van der Waals surface area contributed by atoms with Gasteiger partial charge in [0.1, 0.15) is 0 Å². The fraction of sp³-hybridized carbons (Fsp3) is 0.917. The van der Waals surface area contributed by atoms with Crippen LogP contribution in [0.3, 0.4) is 0 Å². The minimum absolute atomic E-state index is 0.0914. The van der Waals surface area contributed by atoms with Crippen molar-refractivity contribution < 1.29 is 9.53 Å². The molecule has 16 heavy (non-hydrogen) atoms. The fourth-order valence-corrected chi connectivity index (χ4v) is 2.82. The van der Waals surface area contributed by atoms with E-state index in [1.165, 1.54) is 12.8 Å². The number of likely N-dealkylation sites (N-methyl/N-ethyl adjacent to an activating group) is 1. The van der Waals surface area contributed by atoms with E-state index in [1.807, 2.05) is 0 Å². The van der Waals surface area contributed by atoms with Gasteiger partial charge in [-0.2, -0.15) is 0 Å². The van der Waals surface area contributed by atoms with Crippen LogP contribution < -0.4 is 5.32 Å². The molecule has 2 bridgehead atoms. The van der Waals surface area contributed by atoms with Crippen molar-refractivity contribution in [3.8, 4) is 0 Å². The lowest BCUT2D eigenvalue weighted by Crippen LogP contribution is -2.43. The third-order valence-electron chi connectivity index (χ3n) is 3.94. The van der Waals surface area contributed by atoms with E-state index in [0.29, 0.717) is 0 Å². The van der Waals surface area contributed by atoms with Gasteiger partial charge in [-0.15, -0.1) is 0 Å². The Labute approximate surface area is 96.3 Å². The highest BCUT2D eigenvalue weighted by Gasteiger charge is 2.43. The van der Waals surface area contributed by atoms with Crippen LogP contribution in [0.25, 0.3) is 0 Å². The van der Waals surface area contributed by atoms with Crippen molar-refractivity contribution in [3.63, 3.8) is 0 Å². The largest absolute Gasteiger partial charge is 0.371 e. The molecule has 0 unspecified atom stereocenters. The van der Waals surface area contributed by atoms with Gasteiger partial charge in [0.25, 0.3) is 0 Å². The van der Waals surface area contributed by atoms with E-state index in [9.17, 15) is 4.79 Å². The van der Waals surface area contributed by atoms with Gasteiger partial charge >= 0.3 is 0 Å². The van der Waals surface area contributed by atoms with Gasteiger partial charge in [0, 0.05) is 19.6 Å². The first-order valence-electron chi connectivity index (χ1n) is 6.34. The summed E-state index contributed by atoms with van der Waals surface area (Å²) in [4.78, 5) is 14.3. The van der Waals surface area contributed by atoms with Crippen LogP contribution in [0.4, 0.5) is 0 Å². The van der Waals surface area contributed by atoms with Gasteiger partial charge in [0.2, 0.25) is 5.91 Å². The molecule has 1 N–H and O–H groups in total. The molecule has 1 amide bonds. The summed E-state index contributed by atoms with van der Waals surface area (Å²) in [5.74, 6) is 1.07. The number of morpholine rings is 1. The van der Waals surface area contributed by atoms with Crippen LogP contribution in [0.15, 0.2) is 0 Å². The van der Waals surface area contributed by atoms with Crippen molar-refractivity contribution in [3.05, 3.63) is 0 Å². The topological polar surface area (TPSA) is 41.6 Å². The summed E-state index contributed by atoms with van der Waals surface area (Å²) in [7, 11) is 2.10. The van der Waals surface area contributed by atoms with Crippen LogP contribution in [0.1, 0.15) is 19.3 Å². The smallest absolute Gasteiger partial charge is 0.225 e. The monoisotopic (exact) mass is 224 g/mol. The van der Waals surface area contributed by atoms with Crippen molar-refractivity contribution in [2.45, 2.75) is 31.5 Å². The Bertz CT molecular complexity index is 291. The molecule has 3 aliphatic rings. The van der Waals surface area contributed by atoms with E-state index in [-0.39, 0.29) is 24.0 Å². The molecule has 2 aliphatic heterocycles. The molecule has 4 nitrogen and oxygen atoms in total.